The summed E-state index contributed by atoms with van der Waals surface area (Å²) in [5, 5.41) is 3.58. The van der Waals surface area contributed by atoms with Crippen LogP contribution >= 0.6 is 11.8 Å². The number of imidazole rings is 1. The minimum Gasteiger partial charge on any atom is -0.497 e. The molecule has 0 bridgehead atoms. The summed E-state index contributed by atoms with van der Waals surface area (Å²) >= 11 is 2.04. The Labute approximate surface area is 117 Å². The van der Waals surface area contributed by atoms with Crippen LogP contribution in [0.5, 0.6) is 5.75 Å². The van der Waals surface area contributed by atoms with Gasteiger partial charge in [0.15, 0.2) is 0 Å². The lowest BCUT2D eigenvalue weighted by Gasteiger charge is -2.21. The van der Waals surface area contributed by atoms with Gasteiger partial charge < -0.3 is 15.0 Å². The molecule has 2 aromatic rings. The number of aromatic amines is 1. The van der Waals surface area contributed by atoms with Gasteiger partial charge in [-0.3, -0.25) is 0 Å². The van der Waals surface area contributed by atoms with Gasteiger partial charge in [0.25, 0.3) is 0 Å². The maximum atomic E-state index is 5.22. The third kappa shape index (κ3) is 3.04. The highest BCUT2D eigenvalue weighted by molar-refractivity contribution is 7.99. The molecule has 19 heavy (non-hydrogen) atoms. The van der Waals surface area contributed by atoms with Gasteiger partial charge in [-0.15, -0.1) is 0 Å². The summed E-state index contributed by atoms with van der Waals surface area (Å²) < 4.78 is 5.22. The molecule has 102 valence electrons. The average molecular weight is 277 g/mol. The van der Waals surface area contributed by atoms with Crippen LogP contribution in [0, 0.1) is 0 Å². The van der Waals surface area contributed by atoms with Crippen molar-refractivity contribution < 1.29 is 4.74 Å². The molecule has 0 saturated carbocycles. The second-order valence-corrected chi connectivity index (χ2v) is 6.01. The summed E-state index contributed by atoms with van der Waals surface area (Å²) in [6.45, 7) is 0.808. The average Bonchev–Trinajstić information content (AvgIpc) is 2.88. The van der Waals surface area contributed by atoms with E-state index >= 15 is 0 Å². The zero-order chi connectivity index (χ0) is 13.1. The van der Waals surface area contributed by atoms with Crippen LogP contribution < -0.4 is 10.1 Å². The van der Waals surface area contributed by atoms with Gasteiger partial charge in [-0.25, -0.2) is 4.98 Å². The summed E-state index contributed by atoms with van der Waals surface area (Å²) in [5.41, 5.74) is 2.03. The monoisotopic (exact) mass is 277 g/mol. The summed E-state index contributed by atoms with van der Waals surface area (Å²) in [6, 6.07) is 6.55. The van der Waals surface area contributed by atoms with Crippen LogP contribution in [0.25, 0.3) is 11.0 Å². The molecule has 1 aliphatic rings. The summed E-state index contributed by atoms with van der Waals surface area (Å²) in [6.07, 6.45) is 2.60. The van der Waals surface area contributed by atoms with Crippen molar-refractivity contribution in [3.8, 4) is 5.75 Å². The van der Waals surface area contributed by atoms with Crippen molar-refractivity contribution in [2.75, 3.05) is 18.6 Å². The molecule has 0 unspecified atom stereocenters. The van der Waals surface area contributed by atoms with Crippen molar-refractivity contribution in [1.82, 2.24) is 15.3 Å². The maximum absolute atomic E-state index is 5.22. The van der Waals surface area contributed by atoms with Crippen molar-refractivity contribution in [3.63, 3.8) is 0 Å². The molecular weight excluding hydrogens is 258 g/mol. The molecule has 1 saturated heterocycles. The van der Waals surface area contributed by atoms with E-state index < -0.39 is 0 Å². The quantitative estimate of drug-likeness (QED) is 0.902. The minimum atomic E-state index is 0.626. The molecule has 2 heterocycles. The van der Waals surface area contributed by atoms with Gasteiger partial charge in [-0.1, -0.05) is 0 Å². The number of nitrogens with one attached hydrogen (secondary N) is 2. The zero-order valence-corrected chi connectivity index (χ0v) is 11.9. The molecule has 1 aromatic carbocycles. The normalized spacial score (nSPS) is 19.7. The first-order chi connectivity index (χ1) is 9.35. The zero-order valence-electron chi connectivity index (χ0n) is 11.1. The third-order valence-electron chi connectivity index (χ3n) is 3.46. The summed E-state index contributed by atoms with van der Waals surface area (Å²) in [4.78, 5) is 7.94. The van der Waals surface area contributed by atoms with Gasteiger partial charge in [0.05, 0.1) is 24.7 Å². The van der Waals surface area contributed by atoms with Gasteiger partial charge in [0, 0.05) is 17.9 Å². The molecule has 1 atom stereocenters. The van der Waals surface area contributed by atoms with Gasteiger partial charge >= 0.3 is 0 Å². The van der Waals surface area contributed by atoms with Gasteiger partial charge in [-0.2, -0.15) is 11.8 Å². The van der Waals surface area contributed by atoms with Crippen LogP contribution in [0.2, 0.25) is 0 Å². The molecule has 1 fully saturated rings. The molecular formula is C14H19N3OS. The third-order valence-corrected chi connectivity index (χ3v) is 4.67. The molecule has 2 N–H and O–H groups in total. The SMILES string of the molecule is COc1ccc2nc(CN[C@@H]3CCCSC3)[nH]c2c1. The Morgan fingerprint density at radius 3 is 3.26 bits per heavy atom. The second-order valence-electron chi connectivity index (χ2n) is 4.86. The molecule has 0 radical (unpaired) electrons. The lowest BCUT2D eigenvalue weighted by molar-refractivity contribution is 0.415. The standard InChI is InChI=1S/C14H19N3OS/c1-18-11-4-5-12-13(7-11)17-14(16-12)8-15-10-3-2-6-19-9-10/h4-5,7,10,15H,2-3,6,8-9H2,1H3,(H,16,17)/t10-/m1/s1. The number of aromatic nitrogens is 2. The number of ether oxygens (including phenoxy) is 1. The van der Waals surface area contributed by atoms with E-state index in [-0.39, 0.29) is 0 Å². The first-order valence-electron chi connectivity index (χ1n) is 6.69. The topological polar surface area (TPSA) is 49.9 Å². The minimum absolute atomic E-state index is 0.626. The Kier molecular flexibility index (Phi) is 3.94. The van der Waals surface area contributed by atoms with E-state index in [2.05, 4.69) is 15.3 Å². The highest BCUT2D eigenvalue weighted by atomic mass is 32.2. The van der Waals surface area contributed by atoms with Crippen molar-refractivity contribution in [2.45, 2.75) is 25.4 Å². The van der Waals surface area contributed by atoms with Gasteiger partial charge in [-0.05, 0) is 30.7 Å². The number of hydrogen-bond acceptors (Lipinski definition) is 4. The highest BCUT2D eigenvalue weighted by Crippen LogP contribution is 2.20. The van der Waals surface area contributed by atoms with Gasteiger partial charge in [0.2, 0.25) is 0 Å². The Hall–Kier alpha value is -1.20. The van der Waals surface area contributed by atoms with E-state index in [0.717, 1.165) is 29.2 Å². The summed E-state index contributed by atoms with van der Waals surface area (Å²) in [7, 11) is 1.68. The van der Waals surface area contributed by atoms with E-state index in [0.29, 0.717) is 6.04 Å². The fourth-order valence-corrected chi connectivity index (χ4v) is 3.50. The van der Waals surface area contributed by atoms with Crippen LogP contribution in [0.1, 0.15) is 18.7 Å². The smallest absolute Gasteiger partial charge is 0.121 e. The van der Waals surface area contributed by atoms with Gasteiger partial charge in [0.1, 0.15) is 11.6 Å². The number of benzene rings is 1. The molecule has 0 spiro atoms. The molecule has 0 aliphatic carbocycles. The Morgan fingerprint density at radius 2 is 2.47 bits per heavy atom. The first kappa shape index (κ1) is 12.8. The van der Waals surface area contributed by atoms with Crippen LogP contribution in [0.3, 0.4) is 0 Å². The predicted octanol–water partition coefficient (Wildman–Crippen LogP) is 2.56. The first-order valence-corrected chi connectivity index (χ1v) is 7.84. The predicted molar refractivity (Wildman–Crippen MR) is 79.8 cm³/mol. The van der Waals surface area contributed by atoms with E-state index in [1.165, 1.54) is 24.3 Å². The van der Waals surface area contributed by atoms with Crippen molar-refractivity contribution in [2.24, 2.45) is 0 Å². The maximum Gasteiger partial charge on any atom is 0.121 e. The largest absolute Gasteiger partial charge is 0.497 e. The Bertz CT molecular complexity index is 549. The number of thioether (sulfide) groups is 1. The number of H-pyrrole nitrogens is 1. The number of fused-ring (bicyclic) bond motifs is 1. The molecule has 3 rings (SSSR count). The van der Waals surface area contributed by atoms with Crippen molar-refractivity contribution in [3.05, 3.63) is 24.0 Å². The van der Waals surface area contributed by atoms with E-state index in [4.69, 9.17) is 4.74 Å². The van der Waals surface area contributed by atoms with E-state index in [1.54, 1.807) is 7.11 Å². The van der Waals surface area contributed by atoms with Crippen LogP contribution in [0.15, 0.2) is 18.2 Å². The van der Waals surface area contributed by atoms with E-state index in [9.17, 15) is 0 Å². The molecule has 1 aliphatic heterocycles. The van der Waals surface area contributed by atoms with Crippen LogP contribution in [-0.2, 0) is 6.54 Å². The molecule has 0 amide bonds. The number of nitrogens with zero attached hydrogens (tertiary/aromatic N) is 1. The van der Waals surface area contributed by atoms with Crippen molar-refractivity contribution in [1.29, 1.82) is 0 Å². The van der Waals surface area contributed by atoms with E-state index in [1.807, 2.05) is 30.0 Å². The molecule has 5 heteroatoms. The molecule has 1 aromatic heterocycles. The number of hydrogen-bond donors (Lipinski definition) is 2. The summed E-state index contributed by atoms with van der Waals surface area (Å²) in [5.74, 6) is 4.38. The van der Waals surface area contributed by atoms with Crippen LogP contribution in [-0.4, -0.2) is 34.6 Å². The lowest BCUT2D eigenvalue weighted by atomic mass is 10.2. The number of methoxy groups -OCH3 is 1. The molecule has 4 nitrogen and oxygen atoms in total. The van der Waals surface area contributed by atoms with Crippen LogP contribution in [0.4, 0.5) is 0 Å². The van der Waals surface area contributed by atoms with Crippen molar-refractivity contribution >= 4 is 22.8 Å². The fraction of sp³-hybridized carbons (Fsp3) is 0.500. The highest BCUT2D eigenvalue weighted by Gasteiger charge is 2.13. The fourth-order valence-electron chi connectivity index (χ4n) is 2.39. The Morgan fingerprint density at radius 1 is 1.53 bits per heavy atom. The lowest BCUT2D eigenvalue weighted by Crippen LogP contribution is -2.33. The second kappa shape index (κ2) is 5.84. The number of rotatable bonds is 4. The Balaban J connectivity index is 1.67.